The predicted octanol–water partition coefficient (Wildman–Crippen LogP) is 4.60. The van der Waals surface area contributed by atoms with Crippen LogP contribution in [0.15, 0.2) is 18.5 Å². The Kier molecular flexibility index (Phi) is 8.58. The summed E-state index contributed by atoms with van der Waals surface area (Å²) >= 11 is 6.02. The fourth-order valence-electron chi connectivity index (χ4n) is 4.26. The molecule has 1 unspecified atom stereocenters. The highest BCUT2D eigenvalue weighted by Crippen LogP contribution is 2.32. The molecule has 1 aliphatic rings. The number of aromatic nitrogens is 4. The summed E-state index contributed by atoms with van der Waals surface area (Å²) < 4.78 is 12.4. The summed E-state index contributed by atoms with van der Waals surface area (Å²) in [6, 6.07) is 0.684. The van der Waals surface area contributed by atoms with E-state index in [1.165, 1.54) is 7.11 Å². The van der Waals surface area contributed by atoms with E-state index in [4.69, 9.17) is 21.1 Å². The molecule has 2 atom stereocenters. The average Bonchev–Trinajstić information content (AvgIpc) is 3.24. The first-order chi connectivity index (χ1) is 16.5. The van der Waals surface area contributed by atoms with Crippen molar-refractivity contribution in [1.82, 2.24) is 25.3 Å². The van der Waals surface area contributed by atoms with E-state index in [9.17, 15) is 9.59 Å². The van der Waals surface area contributed by atoms with Crippen molar-refractivity contribution in [2.75, 3.05) is 12.4 Å². The molecule has 0 aromatic carbocycles. The van der Waals surface area contributed by atoms with Gasteiger partial charge in [-0.25, -0.2) is 4.79 Å². The van der Waals surface area contributed by atoms with E-state index in [1.807, 2.05) is 6.92 Å². The van der Waals surface area contributed by atoms with Gasteiger partial charge in [-0.3, -0.25) is 9.48 Å². The first kappa shape index (κ1) is 26.7. The van der Waals surface area contributed by atoms with Crippen molar-refractivity contribution in [3.8, 4) is 5.88 Å². The Morgan fingerprint density at radius 1 is 1.20 bits per heavy atom. The van der Waals surface area contributed by atoms with Crippen molar-refractivity contribution in [2.24, 2.45) is 11.8 Å². The first-order valence-corrected chi connectivity index (χ1v) is 12.3. The zero-order valence-corrected chi connectivity index (χ0v) is 21.9. The van der Waals surface area contributed by atoms with Gasteiger partial charge in [-0.15, -0.1) is 10.2 Å². The number of nitrogens with one attached hydrogen (secondary N) is 2. The number of carbonyl (C=O) groups excluding carboxylic acids is 2. The average molecular weight is 507 g/mol. The molecule has 2 heterocycles. The molecular weight excluding hydrogens is 472 g/mol. The van der Waals surface area contributed by atoms with Crippen LogP contribution in [0.3, 0.4) is 0 Å². The Morgan fingerprint density at radius 3 is 2.51 bits per heavy atom. The van der Waals surface area contributed by atoms with Crippen LogP contribution in [0.25, 0.3) is 0 Å². The number of methoxy groups -OCH3 is 1. The lowest BCUT2D eigenvalue weighted by molar-refractivity contribution is -0.119. The third kappa shape index (κ3) is 7.30. The van der Waals surface area contributed by atoms with E-state index < -0.39 is 17.7 Å². The summed E-state index contributed by atoms with van der Waals surface area (Å²) in [5.41, 5.74) is 0.554. The highest BCUT2D eigenvalue weighted by molar-refractivity contribution is 6.29. The van der Waals surface area contributed by atoms with Crippen molar-refractivity contribution in [3.05, 3.63) is 29.2 Å². The number of amides is 2. The third-order valence-corrected chi connectivity index (χ3v) is 6.34. The smallest absolute Gasteiger partial charge is 0.408 e. The van der Waals surface area contributed by atoms with Gasteiger partial charge < -0.3 is 20.1 Å². The van der Waals surface area contributed by atoms with E-state index >= 15 is 0 Å². The molecule has 3 rings (SSSR count). The van der Waals surface area contributed by atoms with Gasteiger partial charge in [-0.2, -0.15) is 5.10 Å². The highest BCUT2D eigenvalue weighted by atomic mass is 35.5. The molecule has 1 fully saturated rings. The van der Waals surface area contributed by atoms with Gasteiger partial charge in [0.1, 0.15) is 11.6 Å². The van der Waals surface area contributed by atoms with Gasteiger partial charge in [0.2, 0.25) is 11.8 Å². The van der Waals surface area contributed by atoms with E-state index in [0.29, 0.717) is 23.0 Å². The topological polar surface area (TPSA) is 120 Å². The summed E-state index contributed by atoms with van der Waals surface area (Å²) in [5.74, 6) is 0.691. The number of carbonyl (C=O) groups is 2. The maximum absolute atomic E-state index is 13.3. The van der Waals surface area contributed by atoms with Crippen LogP contribution in [0.4, 0.5) is 10.5 Å². The minimum absolute atomic E-state index is 0.0296. The Bertz CT molecular complexity index is 1030. The normalized spacial score (nSPS) is 20.0. The van der Waals surface area contributed by atoms with Crippen LogP contribution in [0.2, 0.25) is 5.15 Å². The van der Waals surface area contributed by atoms with Crippen molar-refractivity contribution in [2.45, 2.75) is 78.0 Å². The largest absolute Gasteiger partial charge is 0.480 e. The van der Waals surface area contributed by atoms with Gasteiger partial charge in [-0.05, 0) is 58.4 Å². The SMILES string of the molecule is COc1nnc(Cl)cc1C(C)n1cc(NC(=O)[C@@H](NC(=O)OC(C)(C)C)[C@H]2CC[C@H](C)CC2)cn1. The number of rotatable bonds is 7. The van der Waals surface area contributed by atoms with Gasteiger partial charge in [-0.1, -0.05) is 31.4 Å². The second-order valence-corrected chi connectivity index (χ2v) is 10.5. The summed E-state index contributed by atoms with van der Waals surface area (Å²) in [5, 5.41) is 18.1. The second-order valence-electron chi connectivity index (χ2n) is 10.1. The van der Waals surface area contributed by atoms with Crippen molar-refractivity contribution in [3.63, 3.8) is 0 Å². The Balaban J connectivity index is 1.75. The summed E-state index contributed by atoms with van der Waals surface area (Å²) in [6.45, 7) is 9.49. The monoisotopic (exact) mass is 506 g/mol. The van der Waals surface area contributed by atoms with Gasteiger partial charge in [0.25, 0.3) is 0 Å². The van der Waals surface area contributed by atoms with Crippen LogP contribution in [-0.4, -0.2) is 50.7 Å². The minimum atomic E-state index is -0.707. The fourth-order valence-corrected chi connectivity index (χ4v) is 4.41. The lowest BCUT2D eigenvalue weighted by Crippen LogP contribution is -2.50. The molecule has 2 aromatic rings. The Hall–Kier alpha value is -2.88. The van der Waals surface area contributed by atoms with Gasteiger partial charge >= 0.3 is 6.09 Å². The number of anilines is 1. The maximum Gasteiger partial charge on any atom is 0.408 e. The maximum atomic E-state index is 13.3. The van der Waals surface area contributed by atoms with E-state index in [1.54, 1.807) is 43.9 Å². The number of ether oxygens (including phenoxy) is 2. The predicted molar refractivity (Wildman–Crippen MR) is 133 cm³/mol. The van der Waals surface area contributed by atoms with Crippen molar-refractivity contribution < 1.29 is 19.1 Å². The second kappa shape index (κ2) is 11.2. The molecule has 11 heteroatoms. The lowest BCUT2D eigenvalue weighted by atomic mass is 9.79. The number of nitrogens with zero attached hydrogens (tertiary/aromatic N) is 4. The quantitative estimate of drug-likeness (QED) is 0.562. The Morgan fingerprint density at radius 2 is 1.89 bits per heavy atom. The molecule has 192 valence electrons. The molecule has 0 bridgehead atoms. The number of halogens is 1. The van der Waals surface area contributed by atoms with Crippen LogP contribution >= 0.6 is 11.6 Å². The molecule has 0 spiro atoms. The third-order valence-electron chi connectivity index (χ3n) is 6.15. The van der Waals surface area contributed by atoms with E-state index in [2.05, 4.69) is 32.9 Å². The van der Waals surface area contributed by atoms with Gasteiger partial charge in [0, 0.05) is 11.8 Å². The molecule has 2 aromatic heterocycles. The fraction of sp³-hybridized carbons (Fsp3) is 0.625. The molecule has 2 amide bonds. The van der Waals surface area contributed by atoms with E-state index in [-0.39, 0.29) is 23.0 Å². The van der Waals surface area contributed by atoms with Crippen molar-refractivity contribution >= 4 is 29.3 Å². The molecule has 0 aliphatic heterocycles. The number of hydrogen-bond donors (Lipinski definition) is 2. The van der Waals surface area contributed by atoms with Gasteiger partial charge in [0.05, 0.1) is 25.0 Å². The van der Waals surface area contributed by atoms with E-state index in [0.717, 1.165) is 25.7 Å². The standard InChI is InChI=1S/C24H35ClN6O4/c1-14-7-9-16(10-8-14)20(28-23(33)35-24(3,4)5)21(32)27-17-12-26-31(13-17)15(2)18-11-19(25)29-30-22(18)34-6/h11-16,20H,7-10H2,1-6H3,(H,27,32)(H,28,33)/t14-,15?,16-,20-/m0/s1. The zero-order chi connectivity index (χ0) is 25.8. The Labute approximate surface area is 211 Å². The van der Waals surface area contributed by atoms with Crippen LogP contribution in [-0.2, 0) is 9.53 Å². The number of alkyl carbamates (subject to hydrolysis) is 1. The molecule has 1 saturated carbocycles. The molecular formula is C24H35ClN6O4. The molecule has 0 saturated heterocycles. The molecule has 2 N–H and O–H groups in total. The van der Waals surface area contributed by atoms with Crippen molar-refractivity contribution in [1.29, 1.82) is 0 Å². The highest BCUT2D eigenvalue weighted by Gasteiger charge is 2.34. The molecule has 35 heavy (non-hydrogen) atoms. The molecule has 1 aliphatic carbocycles. The summed E-state index contributed by atoms with van der Waals surface area (Å²) in [6.07, 6.45) is 6.43. The molecule has 0 radical (unpaired) electrons. The van der Waals surface area contributed by atoms with Crippen LogP contribution < -0.4 is 15.4 Å². The van der Waals surface area contributed by atoms with Crippen LogP contribution in [0.5, 0.6) is 5.88 Å². The summed E-state index contributed by atoms with van der Waals surface area (Å²) in [4.78, 5) is 25.8. The van der Waals surface area contributed by atoms with Crippen LogP contribution in [0.1, 0.15) is 71.9 Å². The number of hydrogen-bond acceptors (Lipinski definition) is 7. The lowest BCUT2D eigenvalue weighted by Gasteiger charge is -2.32. The molecule has 10 nitrogen and oxygen atoms in total. The minimum Gasteiger partial charge on any atom is -0.480 e. The summed E-state index contributed by atoms with van der Waals surface area (Å²) in [7, 11) is 1.51. The zero-order valence-electron chi connectivity index (χ0n) is 21.2. The first-order valence-electron chi connectivity index (χ1n) is 11.9. The van der Waals surface area contributed by atoms with Gasteiger partial charge in [0.15, 0.2) is 5.15 Å². The van der Waals surface area contributed by atoms with Crippen LogP contribution in [0, 0.1) is 11.8 Å².